The Morgan fingerprint density at radius 2 is 1.94 bits per heavy atom. The van der Waals surface area contributed by atoms with Crippen LogP contribution < -0.4 is 16.0 Å². The van der Waals surface area contributed by atoms with Gasteiger partial charge in [-0.05, 0) is 31.4 Å². The lowest BCUT2D eigenvalue weighted by Gasteiger charge is -2.14. The molecule has 0 aliphatic heterocycles. The van der Waals surface area contributed by atoms with Crippen LogP contribution >= 0.6 is 0 Å². The van der Waals surface area contributed by atoms with Gasteiger partial charge in [0.1, 0.15) is 5.52 Å². The number of aliphatic hydroxyl groups excluding tert-OH is 1. The maximum Gasteiger partial charge on any atom is 0.293 e. The lowest BCUT2D eigenvalue weighted by atomic mass is 9.98. The number of nitrogens with zero attached hydrogens (tertiary/aromatic N) is 4. The van der Waals surface area contributed by atoms with Crippen molar-refractivity contribution >= 4 is 16.9 Å². The number of pyridine rings is 2. The molecule has 33 heavy (non-hydrogen) atoms. The lowest BCUT2D eigenvalue weighted by Crippen LogP contribution is -2.26. The van der Waals surface area contributed by atoms with Crippen molar-refractivity contribution in [2.75, 3.05) is 26.1 Å². The molecule has 0 atom stereocenters. The predicted octanol–water partition coefficient (Wildman–Crippen LogP) is 3.18. The zero-order chi connectivity index (χ0) is 23.6. The zero-order valence-electron chi connectivity index (χ0n) is 19.4. The first-order chi connectivity index (χ1) is 16.0. The molecule has 3 heterocycles. The van der Waals surface area contributed by atoms with E-state index in [4.69, 9.17) is 20.3 Å². The van der Waals surface area contributed by atoms with Gasteiger partial charge in [-0.25, -0.2) is 9.97 Å². The van der Waals surface area contributed by atoms with Gasteiger partial charge in [0.25, 0.3) is 5.56 Å². The molecule has 0 unspecified atom stereocenters. The molecule has 4 rings (SSSR count). The van der Waals surface area contributed by atoms with E-state index in [1.165, 1.54) is 19.3 Å². The molecule has 0 bridgehead atoms. The maximum atomic E-state index is 12.4. The second-order valence-corrected chi connectivity index (χ2v) is 8.01. The Balaban J connectivity index is 0.000000374. The number of methoxy groups -OCH3 is 1. The second kappa shape index (κ2) is 12.3. The number of rotatable bonds is 7. The van der Waals surface area contributed by atoms with Crippen LogP contribution in [0.4, 0.5) is 5.82 Å². The molecule has 178 valence electrons. The van der Waals surface area contributed by atoms with Crippen molar-refractivity contribution in [1.29, 1.82) is 0 Å². The van der Waals surface area contributed by atoms with Crippen LogP contribution in [0, 0.1) is 0 Å². The molecule has 1 aliphatic rings. The summed E-state index contributed by atoms with van der Waals surface area (Å²) in [7, 11) is 1.56. The Bertz CT molecular complexity index is 1080. The SMILES string of the molecule is CCCOCCn1c(=O)c(N)nc2cnc(-c3ccc(OC)nc3)cc21.OC1CCCCC1. The van der Waals surface area contributed by atoms with E-state index in [0.29, 0.717) is 42.4 Å². The highest BCUT2D eigenvalue weighted by molar-refractivity contribution is 5.79. The van der Waals surface area contributed by atoms with Crippen molar-refractivity contribution in [3.8, 4) is 17.1 Å². The Kier molecular flexibility index (Phi) is 9.14. The van der Waals surface area contributed by atoms with Crippen LogP contribution in [-0.2, 0) is 11.3 Å². The van der Waals surface area contributed by atoms with Crippen LogP contribution in [0.25, 0.3) is 22.3 Å². The number of nitrogens with two attached hydrogens (primary N) is 1. The first kappa shape index (κ1) is 24.6. The molecule has 0 amide bonds. The molecule has 9 nitrogen and oxygen atoms in total. The number of aromatic nitrogens is 4. The standard InChI is InChI=1S/C18H21N5O3.C6H12O/c1-3-7-26-8-6-23-15-9-13(12-4-5-16(25-2)21-10-12)20-11-14(15)22-17(19)18(23)24;7-6-4-2-1-3-5-6/h4-5,9-11H,3,6-8H2,1-2H3,(H2,19,22);6-7H,1-5H2. The summed E-state index contributed by atoms with van der Waals surface area (Å²) in [5.74, 6) is 0.475. The quantitative estimate of drug-likeness (QED) is 0.520. The van der Waals surface area contributed by atoms with E-state index in [1.54, 1.807) is 30.1 Å². The van der Waals surface area contributed by atoms with Crippen molar-refractivity contribution in [3.05, 3.63) is 40.9 Å². The number of nitrogen functional groups attached to an aromatic ring is 1. The molecule has 0 saturated heterocycles. The molecule has 0 aromatic carbocycles. The van der Waals surface area contributed by atoms with E-state index in [9.17, 15) is 4.79 Å². The van der Waals surface area contributed by atoms with Gasteiger partial charge in [0.05, 0.1) is 37.2 Å². The summed E-state index contributed by atoms with van der Waals surface area (Å²) in [6, 6.07) is 5.43. The lowest BCUT2D eigenvalue weighted by molar-refractivity contribution is 0.127. The molecule has 9 heteroatoms. The smallest absolute Gasteiger partial charge is 0.293 e. The Hall–Kier alpha value is -3.04. The fourth-order valence-electron chi connectivity index (χ4n) is 3.68. The van der Waals surface area contributed by atoms with Crippen LogP contribution in [-0.4, -0.2) is 51.1 Å². The molecule has 1 saturated carbocycles. The van der Waals surface area contributed by atoms with E-state index in [1.807, 2.05) is 19.1 Å². The van der Waals surface area contributed by atoms with Gasteiger partial charge >= 0.3 is 0 Å². The van der Waals surface area contributed by atoms with Crippen LogP contribution in [0.5, 0.6) is 5.88 Å². The highest BCUT2D eigenvalue weighted by Gasteiger charge is 2.11. The fraction of sp³-hybridized carbons (Fsp3) is 0.500. The minimum Gasteiger partial charge on any atom is -0.481 e. The molecule has 1 fully saturated rings. The molecule has 3 aromatic rings. The number of ether oxygens (including phenoxy) is 2. The van der Waals surface area contributed by atoms with Crippen molar-refractivity contribution < 1.29 is 14.6 Å². The summed E-state index contributed by atoms with van der Waals surface area (Å²) in [5.41, 5.74) is 8.14. The van der Waals surface area contributed by atoms with Crippen LogP contribution in [0.3, 0.4) is 0 Å². The van der Waals surface area contributed by atoms with E-state index < -0.39 is 0 Å². The molecule has 1 aliphatic carbocycles. The van der Waals surface area contributed by atoms with Crippen LogP contribution in [0.2, 0.25) is 0 Å². The monoisotopic (exact) mass is 455 g/mol. The number of hydrogen-bond donors (Lipinski definition) is 2. The van der Waals surface area contributed by atoms with Gasteiger partial charge in [-0.1, -0.05) is 26.2 Å². The van der Waals surface area contributed by atoms with Crippen molar-refractivity contribution in [3.63, 3.8) is 0 Å². The van der Waals surface area contributed by atoms with Crippen LogP contribution in [0.15, 0.2) is 35.4 Å². The minimum absolute atomic E-state index is 0.0359. The molecule has 0 spiro atoms. The Morgan fingerprint density at radius 3 is 2.55 bits per heavy atom. The molecular weight excluding hydrogens is 422 g/mol. The number of anilines is 1. The van der Waals surface area contributed by atoms with Gasteiger partial charge in [-0.15, -0.1) is 0 Å². The van der Waals surface area contributed by atoms with Gasteiger partial charge in [0, 0.05) is 31.0 Å². The molecule has 3 N–H and O–H groups in total. The average molecular weight is 456 g/mol. The highest BCUT2D eigenvalue weighted by Crippen LogP contribution is 2.22. The number of aliphatic hydroxyl groups is 1. The summed E-state index contributed by atoms with van der Waals surface area (Å²) < 4.78 is 12.2. The summed E-state index contributed by atoms with van der Waals surface area (Å²) >= 11 is 0. The topological polar surface area (TPSA) is 125 Å². The third-order valence-electron chi connectivity index (χ3n) is 5.48. The first-order valence-corrected chi connectivity index (χ1v) is 11.5. The van der Waals surface area contributed by atoms with E-state index in [2.05, 4.69) is 15.0 Å². The molecule has 3 aromatic heterocycles. The summed E-state index contributed by atoms with van der Waals surface area (Å²) in [6.45, 7) is 3.50. The predicted molar refractivity (Wildman–Crippen MR) is 128 cm³/mol. The minimum atomic E-state index is -0.331. The van der Waals surface area contributed by atoms with Gasteiger partial charge in [-0.3, -0.25) is 9.78 Å². The third kappa shape index (κ3) is 6.72. The Labute approximate surface area is 193 Å². The van der Waals surface area contributed by atoms with Crippen LogP contribution in [0.1, 0.15) is 45.4 Å². The zero-order valence-corrected chi connectivity index (χ0v) is 19.4. The third-order valence-corrected chi connectivity index (χ3v) is 5.48. The summed E-state index contributed by atoms with van der Waals surface area (Å²) in [6.07, 6.45) is 10.1. The van der Waals surface area contributed by atoms with E-state index in [-0.39, 0.29) is 17.5 Å². The molecular formula is C24H33N5O4. The number of fused-ring (bicyclic) bond motifs is 1. The average Bonchev–Trinajstić information content (AvgIpc) is 2.84. The normalized spacial score (nSPS) is 14.0. The van der Waals surface area contributed by atoms with Crippen molar-refractivity contribution in [2.45, 2.75) is 58.1 Å². The first-order valence-electron chi connectivity index (χ1n) is 11.5. The van der Waals surface area contributed by atoms with Gasteiger partial charge in [-0.2, -0.15) is 0 Å². The van der Waals surface area contributed by atoms with Gasteiger partial charge < -0.3 is 24.9 Å². The Morgan fingerprint density at radius 1 is 1.15 bits per heavy atom. The molecule has 0 radical (unpaired) electrons. The van der Waals surface area contributed by atoms with Gasteiger partial charge in [0.2, 0.25) is 5.88 Å². The van der Waals surface area contributed by atoms with Gasteiger partial charge in [0.15, 0.2) is 5.82 Å². The summed E-state index contributed by atoms with van der Waals surface area (Å²) in [5, 5.41) is 8.91. The largest absolute Gasteiger partial charge is 0.481 e. The fourth-order valence-corrected chi connectivity index (χ4v) is 3.68. The van der Waals surface area contributed by atoms with E-state index >= 15 is 0 Å². The number of hydrogen-bond acceptors (Lipinski definition) is 8. The second-order valence-electron chi connectivity index (χ2n) is 8.01. The van der Waals surface area contributed by atoms with Crippen molar-refractivity contribution in [2.24, 2.45) is 0 Å². The highest BCUT2D eigenvalue weighted by atomic mass is 16.5. The maximum absolute atomic E-state index is 12.4. The summed E-state index contributed by atoms with van der Waals surface area (Å²) in [4.78, 5) is 25.2. The van der Waals surface area contributed by atoms with E-state index in [0.717, 1.165) is 24.8 Å². The van der Waals surface area contributed by atoms with Crippen molar-refractivity contribution in [1.82, 2.24) is 19.5 Å².